The molecule has 26 heteroatoms. The Labute approximate surface area is 411 Å². The Hall–Kier alpha value is -4.91. The summed E-state index contributed by atoms with van der Waals surface area (Å²) >= 11 is 0. The van der Waals surface area contributed by atoms with E-state index in [2.05, 4.69) is 48.4 Å². The van der Waals surface area contributed by atoms with Crippen molar-refractivity contribution in [2.75, 3.05) is 94.9 Å². The molecule has 0 bridgehead atoms. The van der Waals surface area contributed by atoms with E-state index < -0.39 is 49.1 Å². The Kier molecular flexibility index (Phi) is 26.1. The quantitative estimate of drug-likeness (QED) is 0.118. The maximum Gasteiger partial charge on any atom is 0.434 e. The SMILES string of the molecule is C.CCOC(C)=O.Cc1ccc(C=O)c(N2CCCC2)c1.Cc1ccc(CN2CCN(C(=O)OC(C(F)(F)F)C(F)(F)F)CC2)c(N2CCCC2)c1.Cl.O=C(OC(C(F)(F)F)C(F)(F)F)N1CCNCC1. The average molecular weight is 1060 g/mol. The molecule has 4 aliphatic heterocycles. The van der Waals surface area contributed by atoms with Crippen molar-refractivity contribution < 1.29 is 86.1 Å². The van der Waals surface area contributed by atoms with Gasteiger partial charge in [-0.25, -0.2) is 9.59 Å². The number of halogens is 13. The van der Waals surface area contributed by atoms with Gasteiger partial charge in [-0.15, -0.1) is 12.4 Å². The summed E-state index contributed by atoms with van der Waals surface area (Å²) in [7, 11) is 0. The highest BCUT2D eigenvalue weighted by atomic mass is 35.5. The van der Waals surface area contributed by atoms with E-state index in [4.69, 9.17) is 0 Å². The van der Waals surface area contributed by atoms with Crippen molar-refractivity contribution in [3.05, 3.63) is 58.7 Å². The van der Waals surface area contributed by atoms with E-state index in [-0.39, 0.29) is 65.1 Å². The molecule has 406 valence electrons. The first-order valence-corrected chi connectivity index (χ1v) is 22.0. The molecule has 13 nitrogen and oxygen atoms in total. The molecule has 0 aliphatic carbocycles. The number of aldehydes is 1. The van der Waals surface area contributed by atoms with E-state index in [0.29, 0.717) is 26.2 Å². The second kappa shape index (κ2) is 29.0. The smallest absolute Gasteiger partial charge is 0.434 e. The number of alkyl halides is 12. The Balaban J connectivity index is 0.000000534. The van der Waals surface area contributed by atoms with Crippen LogP contribution in [-0.2, 0) is 25.5 Å². The van der Waals surface area contributed by atoms with Crippen LogP contribution in [0.5, 0.6) is 0 Å². The molecule has 1 N–H and O–H groups in total. The topological polar surface area (TPSA) is 124 Å². The molecule has 0 unspecified atom stereocenters. The van der Waals surface area contributed by atoms with E-state index in [1.807, 2.05) is 36.1 Å². The number of aryl methyl sites for hydroxylation is 2. The maximum absolute atomic E-state index is 12.6. The number of amides is 2. The lowest BCUT2D eigenvalue weighted by Crippen LogP contribution is -2.52. The number of hydrogen-bond donors (Lipinski definition) is 1. The lowest BCUT2D eigenvalue weighted by atomic mass is 10.1. The number of ether oxygens (including phenoxy) is 3. The number of anilines is 2. The normalized spacial score (nSPS) is 16.5. The lowest BCUT2D eigenvalue weighted by molar-refractivity contribution is -0.309. The number of carbonyl (C=O) groups excluding carboxylic acids is 4. The van der Waals surface area contributed by atoms with Crippen molar-refractivity contribution in [2.45, 2.75) is 104 Å². The summed E-state index contributed by atoms with van der Waals surface area (Å²) in [6, 6.07) is 12.2. The molecule has 4 aliphatic rings. The third kappa shape index (κ3) is 21.4. The van der Waals surface area contributed by atoms with Crippen molar-refractivity contribution in [1.29, 1.82) is 0 Å². The van der Waals surface area contributed by atoms with Crippen molar-refractivity contribution >= 4 is 48.2 Å². The second-order valence-electron chi connectivity index (χ2n) is 16.3. The largest absolute Gasteiger partial charge is 0.466 e. The number of rotatable bonds is 8. The molecule has 0 atom stereocenters. The minimum Gasteiger partial charge on any atom is -0.466 e. The van der Waals surface area contributed by atoms with E-state index in [1.54, 1.807) is 6.92 Å². The van der Waals surface area contributed by atoms with Gasteiger partial charge in [0.2, 0.25) is 0 Å². The monoisotopic (exact) mass is 1060 g/mol. The standard InChI is InChI=1S/C20H25F6N3O2.C12H15NO.C8H10F6N2O2.C4H8O2.CH4.ClH/c1-14-4-5-15(16(12-14)28-6-2-3-7-28)13-27-8-10-29(11-9-27)18(30)31-17(19(21,22)23)20(24,25)26;1-10-4-5-11(9-14)12(8-10)13-6-2-3-7-13;9-7(10,11)5(8(12,13)14)18-6(17)16-3-1-15-2-4-16;1-3-6-4(2)5;;/h4-5,12,17H,2-3,6-11,13H2,1H3;4-5,8-9H,2-3,6-7H2,1H3;5,15H,1-4H2;3H2,1-2H3;1H4;1H. The van der Waals surface area contributed by atoms with Crippen LogP contribution < -0.4 is 15.1 Å². The molecule has 2 aromatic rings. The zero-order valence-corrected chi connectivity index (χ0v) is 39.8. The minimum atomic E-state index is -5.72. The third-order valence-electron chi connectivity index (χ3n) is 10.8. The Morgan fingerprint density at radius 3 is 1.39 bits per heavy atom. The third-order valence-corrected chi connectivity index (χ3v) is 10.8. The first kappa shape index (κ1) is 64.1. The van der Waals surface area contributed by atoms with Gasteiger partial charge in [0.15, 0.2) is 6.29 Å². The number of nitrogens with one attached hydrogen (secondary N) is 1. The molecular formula is C45H63ClF12N6O7. The maximum atomic E-state index is 12.6. The fourth-order valence-corrected chi connectivity index (χ4v) is 7.41. The fourth-order valence-electron chi connectivity index (χ4n) is 7.41. The summed E-state index contributed by atoms with van der Waals surface area (Å²) in [6.07, 6.45) is -28.5. The number of benzene rings is 2. The number of hydrogen-bond acceptors (Lipinski definition) is 11. The van der Waals surface area contributed by atoms with E-state index in [9.17, 15) is 71.9 Å². The minimum absolute atomic E-state index is 0. The molecule has 2 aromatic carbocycles. The van der Waals surface area contributed by atoms with Crippen molar-refractivity contribution in [2.24, 2.45) is 0 Å². The van der Waals surface area contributed by atoms with E-state index >= 15 is 0 Å². The fraction of sp³-hybridized carbons (Fsp3) is 0.644. The summed E-state index contributed by atoms with van der Waals surface area (Å²) in [6.45, 7) is 13.7. The molecule has 0 radical (unpaired) electrons. The number of esters is 1. The van der Waals surface area contributed by atoms with Crippen LogP contribution in [0.4, 0.5) is 73.6 Å². The highest BCUT2D eigenvalue weighted by Gasteiger charge is 2.61. The molecule has 4 saturated heterocycles. The number of nitrogens with zero attached hydrogens (tertiary/aromatic N) is 5. The van der Waals surface area contributed by atoms with Crippen molar-refractivity contribution in [3.8, 4) is 0 Å². The lowest BCUT2D eigenvalue weighted by Gasteiger charge is -2.36. The molecule has 0 spiro atoms. The van der Waals surface area contributed by atoms with E-state index in [0.717, 1.165) is 83.2 Å². The molecule has 6 rings (SSSR count). The van der Waals surface area contributed by atoms with Gasteiger partial charge in [-0.2, -0.15) is 52.7 Å². The van der Waals surface area contributed by atoms with Crippen molar-refractivity contribution in [1.82, 2.24) is 20.0 Å². The molecule has 0 aromatic heterocycles. The van der Waals surface area contributed by atoms with Gasteiger partial charge >= 0.3 is 42.9 Å². The van der Waals surface area contributed by atoms with Gasteiger partial charge in [0.1, 0.15) is 0 Å². The van der Waals surface area contributed by atoms with Crippen LogP contribution in [0.25, 0.3) is 0 Å². The van der Waals surface area contributed by atoms with E-state index in [1.165, 1.54) is 25.3 Å². The molecular weight excluding hydrogens is 1000 g/mol. The van der Waals surface area contributed by atoms with Crippen molar-refractivity contribution in [3.63, 3.8) is 0 Å². The highest BCUT2D eigenvalue weighted by molar-refractivity contribution is 5.85. The number of carbonyl (C=O) groups is 4. The van der Waals surface area contributed by atoms with Gasteiger partial charge in [0.05, 0.1) is 6.61 Å². The van der Waals surface area contributed by atoms with Gasteiger partial charge in [-0.05, 0) is 81.3 Å². The zero-order chi connectivity index (χ0) is 51.7. The molecule has 0 saturated carbocycles. The van der Waals surface area contributed by atoms with Gasteiger partial charge in [0, 0.05) is 109 Å². The van der Waals surface area contributed by atoms with Crippen LogP contribution in [0.3, 0.4) is 0 Å². The van der Waals surface area contributed by atoms with Crippen LogP contribution in [-0.4, -0.2) is 161 Å². The second-order valence-corrected chi connectivity index (χ2v) is 16.3. The molecule has 71 heavy (non-hydrogen) atoms. The summed E-state index contributed by atoms with van der Waals surface area (Å²) in [4.78, 5) is 52.1. The summed E-state index contributed by atoms with van der Waals surface area (Å²) in [5.74, 6) is -0.211. The van der Waals surface area contributed by atoms with Crippen LogP contribution in [0.2, 0.25) is 0 Å². The highest BCUT2D eigenvalue weighted by Crippen LogP contribution is 2.37. The molecule has 4 heterocycles. The van der Waals surface area contributed by atoms with Gasteiger partial charge in [-0.1, -0.05) is 25.6 Å². The first-order valence-electron chi connectivity index (χ1n) is 22.0. The zero-order valence-electron chi connectivity index (χ0n) is 39.0. The predicted octanol–water partition coefficient (Wildman–Crippen LogP) is 9.90. The van der Waals surface area contributed by atoms with Gasteiger partial charge < -0.3 is 39.1 Å². The summed E-state index contributed by atoms with van der Waals surface area (Å²) in [5.41, 5.74) is 6.55. The van der Waals surface area contributed by atoms with Gasteiger partial charge in [0.25, 0.3) is 12.2 Å². The van der Waals surface area contributed by atoms with Crippen LogP contribution >= 0.6 is 12.4 Å². The summed E-state index contributed by atoms with van der Waals surface area (Å²) < 4.78 is 160. The summed E-state index contributed by atoms with van der Waals surface area (Å²) in [5, 5.41) is 2.79. The average Bonchev–Trinajstić information content (AvgIpc) is 4.01. The number of piperazine rings is 2. The van der Waals surface area contributed by atoms with Gasteiger partial charge in [-0.3, -0.25) is 14.5 Å². The van der Waals surface area contributed by atoms with Crippen LogP contribution in [0, 0.1) is 13.8 Å². The van der Waals surface area contributed by atoms with Crippen LogP contribution in [0.1, 0.15) is 74.0 Å². The Morgan fingerprint density at radius 2 is 1.01 bits per heavy atom. The molecule has 2 amide bonds. The molecule has 4 fully saturated rings. The Bertz CT molecular complexity index is 1920. The Morgan fingerprint density at radius 1 is 0.620 bits per heavy atom. The first-order chi connectivity index (χ1) is 32.1. The predicted molar refractivity (Wildman–Crippen MR) is 243 cm³/mol. The van der Waals surface area contributed by atoms with Crippen LogP contribution in [0.15, 0.2) is 36.4 Å².